The second kappa shape index (κ2) is 7.93. The second-order valence-corrected chi connectivity index (χ2v) is 8.26. The third-order valence-electron chi connectivity index (χ3n) is 4.09. The predicted octanol–water partition coefficient (Wildman–Crippen LogP) is 4.92. The number of rotatable bonds is 6. The van der Waals surface area contributed by atoms with E-state index in [0.29, 0.717) is 19.1 Å². The van der Waals surface area contributed by atoms with E-state index in [1.165, 1.54) is 0 Å². The maximum Gasteiger partial charge on any atom is 0.102 e. The molecule has 3 atom stereocenters. The minimum atomic E-state index is -0.105. The lowest BCUT2D eigenvalue weighted by Gasteiger charge is -2.23. The molecule has 1 aromatic carbocycles. The Labute approximate surface area is 151 Å². The molecule has 1 aliphatic heterocycles. The minimum absolute atomic E-state index is 0.105. The molecule has 0 aliphatic carbocycles. The summed E-state index contributed by atoms with van der Waals surface area (Å²) in [5, 5.41) is 0.748. The van der Waals surface area contributed by atoms with Gasteiger partial charge in [0.05, 0.1) is 24.2 Å². The maximum atomic E-state index is 6.45. The van der Waals surface area contributed by atoms with E-state index in [1.54, 1.807) is 12.5 Å². The van der Waals surface area contributed by atoms with E-state index >= 15 is 0 Å². The molecule has 0 N–H and O–H groups in total. The molecular weight excluding hydrogens is 351 g/mol. The molecule has 1 aromatic heterocycles. The van der Waals surface area contributed by atoms with Crippen molar-refractivity contribution >= 4 is 35.0 Å². The summed E-state index contributed by atoms with van der Waals surface area (Å²) in [5.41, 5.74) is 2.16. The number of imidazole rings is 1. The number of aromatic nitrogens is 2. The van der Waals surface area contributed by atoms with E-state index < -0.39 is 0 Å². The van der Waals surface area contributed by atoms with Gasteiger partial charge in [0, 0.05) is 28.9 Å². The van der Waals surface area contributed by atoms with E-state index in [2.05, 4.69) is 17.1 Å². The average Bonchev–Trinajstić information content (AvgIpc) is 3.16. The second-order valence-electron chi connectivity index (χ2n) is 5.88. The van der Waals surface area contributed by atoms with Crippen molar-refractivity contribution in [2.24, 2.45) is 5.92 Å². The summed E-state index contributed by atoms with van der Waals surface area (Å²) in [4.78, 5) is 4.11. The van der Waals surface area contributed by atoms with Gasteiger partial charge in [0.2, 0.25) is 0 Å². The monoisotopic (exact) mass is 370 g/mol. The van der Waals surface area contributed by atoms with Crippen molar-refractivity contribution in [2.75, 3.05) is 12.4 Å². The molecule has 1 aliphatic rings. The normalized spacial score (nSPS) is 22.4. The molecule has 1 fully saturated rings. The van der Waals surface area contributed by atoms with Crippen molar-refractivity contribution in [1.29, 1.82) is 0 Å². The quantitative estimate of drug-likeness (QED) is 0.675. The Hall–Kier alpha value is -0.680. The van der Waals surface area contributed by atoms with Gasteiger partial charge in [-0.15, -0.1) is 23.4 Å². The highest BCUT2D eigenvalue weighted by atomic mass is 35.5. The summed E-state index contributed by atoms with van der Waals surface area (Å²) in [6.45, 7) is 3.38. The molecule has 23 heavy (non-hydrogen) atoms. The molecule has 124 valence electrons. The fraction of sp³-hybridized carbons (Fsp3) is 0.471. The topological polar surface area (TPSA) is 27.1 Å². The van der Waals surface area contributed by atoms with E-state index in [-0.39, 0.29) is 10.8 Å². The van der Waals surface area contributed by atoms with Gasteiger partial charge in [0.15, 0.2) is 0 Å². The molecule has 3 rings (SSSR count). The van der Waals surface area contributed by atoms with Crippen LogP contribution >= 0.6 is 35.0 Å². The molecule has 1 saturated heterocycles. The van der Waals surface area contributed by atoms with Gasteiger partial charge in [-0.3, -0.25) is 0 Å². The van der Waals surface area contributed by atoms with Crippen LogP contribution < -0.4 is 0 Å². The molecule has 0 bridgehead atoms. The van der Waals surface area contributed by atoms with Crippen molar-refractivity contribution in [3.63, 3.8) is 0 Å². The Morgan fingerprint density at radius 1 is 1.48 bits per heavy atom. The van der Waals surface area contributed by atoms with Crippen LogP contribution in [-0.4, -0.2) is 26.6 Å². The van der Waals surface area contributed by atoms with Gasteiger partial charge in [-0.05, 0) is 30.7 Å². The van der Waals surface area contributed by atoms with Gasteiger partial charge in [0.25, 0.3) is 0 Å². The van der Waals surface area contributed by atoms with Crippen LogP contribution in [0.15, 0.2) is 36.9 Å². The zero-order valence-corrected chi connectivity index (χ0v) is 15.3. The molecular formula is C17H20Cl2N2OS. The van der Waals surface area contributed by atoms with E-state index in [0.717, 1.165) is 28.3 Å². The van der Waals surface area contributed by atoms with Crippen LogP contribution in [0.5, 0.6) is 0 Å². The molecule has 2 aromatic rings. The Balaban J connectivity index is 1.75. The number of benzene rings is 1. The largest absolute Gasteiger partial charge is 0.371 e. The first-order valence-corrected chi connectivity index (χ1v) is 9.59. The SMILES string of the molecule is Cc1ccc(C(Cn2ccnc2)OCC2CCSC2Cl)c(Cl)c1. The summed E-state index contributed by atoms with van der Waals surface area (Å²) in [6.07, 6.45) is 6.52. The van der Waals surface area contributed by atoms with Crippen LogP contribution in [0.25, 0.3) is 0 Å². The van der Waals surface area contributed by atoms with Crippen LogP contribution in [0, 0.1) is 12.8 Å². The van der Waals surface area contributed by atoms with Crippen LogP contribution in [0.1, 0.15) is 23.7 Å². The van der Waals surface area contributed by atoms with Crippen molar-refractivity contribution in [2.45, 2.75) is 30.7 Å². The third kappa shape index (κ3) is 4.44. The average molecular weight is 371 g/mol. The molecule has 2 heterocycles. The number of aryl methyl sites for hydroxylation is 1. The summed E-state index contributed by atoms with van der Waals surface area (Å²) in [5.74, 6) is 1.51. The molecule has 6 heteroatoms. The molecule has 0 spiro atoms. The lowest BCUT2D eigenvalue weighted by molar-refractivity contribution is 0.0208. The fourth-order valence-electron chi connectivity index (χ4n) is 2.72. The first kappa shape index (κ1) is 17.2. The number of hydrogen-bond donors (Lipinski definition) is 0. The lowest BCUT2D eigenvalue weighted by atomic mass is 10.1. The standard InChI is InChI=1S/C17H20Cl2N2OS/c1-12-2-3-14(15(18)8-12)16(9-21-6-5-20-11-21)22-10-13-4-7-23-17(13)19/h2-3,5-6,8,11,13,16-17H,4,7,9-10H2,1H3. The lowest BCUT2D eigenvalue weighted by Crippen LogP contribution is -2.19. The first-order valence-electron chi connectivity index (χ1n) is 7.72. The van der Waals surface area contributed by atoms with Gasteiger partial charge in [-0.2, -0.15) is 0 Å². The number of hydrogen-bond acceptors (Lipinski definition) is 3. The molecule has 3 nitrogen and oxygen atoms in total. The van der Waals surface area contributed by atoms with Gasteiger partial charge in [0.1, 0.15) is 6.10 Å². The van der Waals surface area contributed by atoms with E-state index in [9.17, 15) is 0 Å². The summed E-state index contributed by atoms with van der Waals surface area (Å²) in [7, 11) is 0. The zero-order valence-electron chi connectivity index (χ0n) is 13.0. The summed E-state index contributed by atoms with van der Waals surface area (Å²) in [6, 6.07) is 6.11. The van der Waals surface area contributed by atoms with Crippen molar-refractivity contribution in [3.8, 4) is 0 Å². The highest BCUT2D eigenvalue weighted by Crippen LogP contribution is 2.36. The fourth-order valence-corrected chi connectivity index (χ4v) is 4.69. The Kier molecular flexibility index (Phi) is 5.91. The Morgan fingerprint density at radius 3 is 3.00 bits per heavy atom. The van der Waals surface area contributed by atoms with Gasteiger partial charge < -0.3 is 9.30 Å². The molecule has 3 unspecified atom stereocenters. The molecule has 0 radical (unpaired) electrons. The molecule has 0 amide bonds. The minimum Gasteiger partial charge on any atom is -0.371 e. The summed E-state index contributed by atoms with van der Waals surface area (Å²) < 4.78 is 8.41. The number of halogens is 2. The molecule has 0 saturated carbocycles. The number of alkyl halides is 1. The van der Waals surface area contributed by atoms with E-state index in [4.69, 9.17) is 27.9 Å². The maximum absolute atomic E-state index is 6.45. The van der Waals surface area contributed by atoms with Crippen molar-refractivity contribution in [3.05, 3.63) is 53.1 Å². The third-order valence-corrected chi connectivity index (χ3v) is 6.32. The van der Waals surface area contributed by atoms with Crippen molar-refractivity contribution in [1.82, 2.24) is 9.55 Å². The number of ether oxygens (including phenoxy) is 1. The van der Waals surface area contributed by atoms with Crippen LogP contribution in [0.4, 0.5) is 0 Å². The van der Waals surface area contributed by atoms with Crippen LogP contribution in [-0.2, 0) is 11.3 Å². The summed E-state index contributed by atoms with van der Waals surface area (Å²) >= 11 is 14.6. The number of thioether (sulfide) groups is 1. The number of nitrogens with zero attached hydrogens (tertiary/aromatic N) is 2. The smallest absolute Gasteiger partial charge is 0.102 e. The Morgan fingerprint density at radius 2 is 2.35 bits per heavy atom. The highest BCUT2D eigenvalue weighted by Gasteiger charge is 2.28. The van der Waals surface area contributed by atoms with Gasteiger partial charge >= 0.3 is 0 Å². The van der Waals surface area contributed by atoms with E-state index in [1.807, 2.05) is 35.5 Å². The highest BCUT2D eigenvalue weighted by molar-refractivity contribution is 8.01. The van der Waals surface area contributed by atoms with Crippen LogP contribution in [0.2, 0.25) is 5.02 Å². The Bertz CT molecular complexity index is 636. The van der Waals surface area contributed by atoms with Gasteiger partial charge in [-0.25, -0.2) is 4.98 Å². The van der Waals surface area contributed by atoms with Gasteiger partial charge in [-0.1, -0.05) is 23.7 Å². The van der Waals surface area contributed by atoms with Crippen LogP contribution in [0.3, 0.4) is 0 Å². The van der Waals surface area contributed by atoms with Crippen molar-refractivity contribution < 1.29 is 4.74 Å². The zero-order chi connectivity index (χ0) is 16.2. The predicted molar refractivity (Wildman–Crippen MR) is 97.3 cm³/mol. The first-order chi connectivity index (χ1) is 11.1.